The smallest absolute Gasteiger partial charge is 0.168 e. The standard InChI is InChI=1S/C14H22F2N4/c1-3-5-17-13-11(15)10-12(16)14(18-13)20-7-4-6-19(2)8-9-20/h10H,3-9H2,1-2H3,(H,17,18). The lowest BCUT2D eigenvalue weighted by molar-refractivity contribution is 0.360. The Morgan fingerprint density at radius 3 is 2.75 bits per heavy atom. The first kappa shape index (κ1) is 15.0. The van der Waals surface area contributed by atoms with Crippen molar-refractivity contribution in [2.24, 2.45) is 0 Å². The Balaban J connectivity index is 2.21. The molecule has 1 aromatic rings. The number of likely N-dealkylation sites (N-methyl/N-ethyl adjacent to an activating group) is 1. The van der Waals surface area contributed by atoms with Gasteiger partial charge in [-0.2, -0.15) is 0 Å². The topological polar surface area (TPSA) is 31.4 Å². The van der Waals surface area contributed by atoms with Gasteiger partial charge in [-0.15, -0.1) is 0 Å². The highest BCUT2D eigenvalue weighted by molar-refractivity contribution is 5.49. The lowest BCUT2D eigenvalue weighted by Crippen LogP contribution is -2.30. The fourth-order valence-electron chi connectivity index (χ4n) is 2.30. The van der Waals surface area contributed by atoms with E-state index >= 15 is 0 Å². The Morgan fingerprint density at radius 2 is 2.00 bits per heavy atom. The molecule has 112 valence electrons. The summed E-state index contributed by atoms with van der Waals surface area (Å²) in [6, 6.07) is 0.926. The molecule has 0 bridgehead atoms. The van der Waals surface area contributed by atoms with Crippen LogP contribution >= 0.6 is 0 Å². The lowest BCUT2D eigenvalue weighted by atomic mass is 10.3. The van der Waals surface area contributed by atoms with Crippen LogP contribution in [0.25, 0.3) is 0 Å². The average molecular weight is 284 g/mol. The maximum atomic E-state index is 14.0. The lowest BCUT2D eigenvalue weighted by Gasteiger charge is -2.23. The molecule has 1 N–H and O–H groups in total. The molecule has 1 saturated heterocycles. The molecule has 1 aromatic heterocycles. The van der Waals surface area contributed by atoms with E-state index in [0.717, 1.165) is 38.5 Å². The summed E-state index contributed by atoms with van der Waals surface area (Å²) in [5.74, 6) is -0.832. The van der Waals surface area contributed by atoms with Crippen LogP contribution < -0.4 is 10.2 Å². The molecule has 2 rings (SSSR count). The van der Waals surface area contributed by atoms with Crippen LogP contribution in [0, 0.1) is 11.6 Å². The van der Waals surface area contributed by atoms with Crippen molar-refractivity contribution in [1.82, 2.24) is 9.88 Å². The fourth-order valence-corrected chi connectivity index (χ4v) is 2.30. The van der Waals surface area contributed by atoms with E-state index in [-0.39, 0.29) is 11.6 Å². The molecule has 0 amide bonds. The van der Waals surface area contributed by atoms with Crippen molar-refractivity contribution in [3.8, 4) is 0 Å². The molecule has 1 fully saturated rings. The Hall–Kier alpha value is -1.43. The first-order chi connectivity index (χ1) is 9.61. The van der Waals surface area contributed by atoms with E-state index in [0.29, 0.717) is 13.1 Å². The highest BCUT2D eigenvalue weighted by Gasteiger charge is 2.19. The van der Waals surface area contributed by atoms with Gasteiger partial charge in [-0.05, 0) is 26.4 Å². The average Bonchev–Trinajstić information content (AvgIpc) is 2.63. The minimum atomic E-state index is -0.633. The SMILES string of the molecule is CCCNc1nc(N2CCCN(C)CC2)c(F)cc1F. The highest BCUT2D eigenvalue weighted by atomic mass is 19.1. The van der Waals surface area contributed by atoms with Crippen molar-refractivity contribution in [2.45, 2.75) is 19.8 Å². The summed E-state index contributed by atoms with van der Waals surface area (Å²) in [5.41, 5.74) is 0. The van der Waals surface area contributed by atoms with Crippen LogP contribution in [0.2, 0.25) is 0 Å². The van der Waals surface area contributed by atoms with E-state index < -0.39 is 11.6 Å². The zero-order valence-corrected chi connectivity index (χ0v) is 12.1. The molecule has 0 radical (unpaired) electrons. The second-order valence-electron chi connectivity index (χ2n) is 5.19. The van der Waals surface area contributed by atoms with E-state index in [1.54, 1.807) is 0 Å². The Labute approximate surface area is 118 Å². The summed E-state index contributed by atoms with van der Waals surface area (Å²) < 4.78 is 27.7. The predicted molar refractivity (Wildman–Crippen MR) is 77.3 cm³/mol. The Bertz CT molecular complexity index is 453. The van der Waals surface area contributed by atoms with Gasteiger partial charge in [-0.1, -0.05) is 6.92 Å². The summed E-state index contributed by atoms with van der Waals surface area (Å²) in [5, 5.41) is 2.90. The number of hydrogen-bond acceptors (Lipinski definition) is 4. The summed E-state index contributed by atoms with van der Waals surface area (Å²) in [6.45, 7) is 5.90. The molecule has 0 aromatic carbocycles. The fraction of sp³-hybridized carbons (Fsp3) is 0.643. The monoisotopic (exact) mass is 284 g/mol. The van der Waals surface area contributed by atoms with Gasteiger partial charge in [-0.25, -0.2) is 13.8 Å². The molecule has 0 spiro atoms. The Kier molecular flexibility index (Phi) is 5.11. The second-order valence-corrected chi connectivity index (χ2v) is 5.19. The third kappa shape index (κ3) is 3.56. The number of nitrogens with zero attached hydrogens (tertiary/aromatic N) is 3. The maximum absolute atomic E-state index is 14.0. The normalized spacial score (nSPS) is 17.1. The number of aromatic nitrogens is 1. The predicted octanol–water partition coefficient (Wildman–Crippen LogP) is 2.32. The van der Waals surface area contributed by atoms with Crippen molar-refractivity contribution in [3.63, 3.8) is 0 Å². The highest BCUT2D eigenvalue weighted by Crippen LogP contribution is 2.23. The molecule has 0 saturated carbocycles. The summed E-state index contributed by atoms with van der Waals surface area (Å²) in [7, 11) is 2.05. The zero-order chi connectivity index (χ0) is 14.5. The molecule has 0 aliphatic carbocycles. The number of nitrogens with one attached hydrogen (secondary N) is 1. The van der Waals surface area contributed by atoms with Gasteiger partial charge in [0.05, 0.1) is 0 Å². The summed E-state index contributed by atoms with van der Waals surface area (Å²) in [4.78, 5) is 8.25. The molecule has 1 aliphatic rings. The van der Waals surface area contributed by atoms with E-state index in [1.165, 1.54) is 0 Å². The third-order valence-corrected chi connectivity index (χ3v) is 3.47. The molecule has 20 heavy (non-hydrogen) atoms. The van der Waals surface area contributed by atoms with Crippen molar-refractivity contribution >= 4 is 11.6 Å². The largest absolute Gasteiger partial charge is 0.368 e. The molecule has 1 aliphatic heterocycles. The van der Waals surface area contributed by atoms with Gasteiger partial charge in [0.1, 0.15) is 0 Å². The van der Waals surface area contributed by atoms with Gasteiger partial charge in [0.25, 0.3) is 0 Å². The van der Waals surface area contributed by atoms with E-state index in [1.807, 2.05) is 18.9 Å². The molecule has 4 nitrogen and oxygen atoms in total. The van der Waals surface area contributed by atoms with Crippen molar-refractivity contribution in [3.05, 3.63) is 17.7 Å². The molecular weight excluding hydrogens is 262 g/mol. The van der Waals surface area contributed by atoms with Crippen LogP contribution in [0.1, 0.15) is 19.8 Å². The molecular formula is C14H22F2N4. The first-order valence-electron chi connectivity index (χ1n) is 7.15. The van der Waals surface area contributed by atoms with E-state index in [4.69, 9.17) is 0 Å². The van der Waals surface area contributed by atoms with Crippen molar-refractivity contribution in [2.75, 3.05) is 50.0 Å². The zero-order valence-electron chi connectivity index (χ0n) is 12.1. The minimum absolute atomic E-state index is 0.140. The van der Waals surface area contributed by atoms with Gasteiger partial charge < -0.3 is 15.1 Å². The third-order valence-electron chi connectivity index (χ3n) is 3.47. The van der Waals surface area contributed by atoms with E-state index in [2.05, 4.69) is 15.2 Å². The van der Waals surface area contributed by atoms with Crippen LogP contribution in [0.3, 0.4) is 0 Å². The van der Waals surface area contributed by atoms with Gasteiger partial charge in [0.15, 0.2) is 23.3 Å². The number of halogens is 2. The van der Waals surface area contributed by atoms with Crippen molar-refractivity contribution in [1.29, 1.82) is 0 Å². The van der Waals surface area contributed by atoms with Gasteiger partial charge >= 0.3 is 0 Å². The molecule has 0 unspecified atom stereocenters. The number of anilines is 2. The summed E-state index contributed by atoms with van der Waals surface area (Å²) >= 11 is 0. The second kappa shape index (κ2) is 6.83. The number of hydrogen-bond donors (Lipinski definition) is 1. The van der Waals surface area contributed by atoms with Gasteiger partial charge in [0, 0.05) is 32.2 Å². The van der Waals surface area contributed by atoms with Crippen LogP contribution in [0.5, 0.6) is 0 Å². The molecule has 6 heteroatoms. The van der Waals surface area contributed by atoms with Crippen LogP contribution in [0.4, 0.5) is 20.4 Å². The minimum Gasteiger partial charge on any atom is -0.368 e. The molecule has 2 heterocycles. The van der Waals surface area contributed by atoms with Crippen molar-refractivity contribution < 1.29 is 8.78 Å². The van der Waals surface area contributed by atoms with Gasteiger partial charge in [0.2, 0.25) is 0 Å². The summed E-state index contributed by atoms with van der Waals surface area (Å²) in [6.07, 6.45) is 1.81. The molecule has 0 atom stereocenters. The maximum Gasteiger partial charge on any atom is 0.168 e. The van der Waals surface area contributed by atoms with Crippen LogP contribution in [-0.4, -0.2) is 49.7 Å². The quantitative estimate of drug-likeness (QED) is 0.919. The number of rotatable bonds is 4. The van der Waals surface area contributed by atoms with E-state index in [9.17, 15) is 8.78 Å². The number of pyridine rings is 1. The van der Waals surface area contributed by atoms with Crippen LogP contribution in [-0.2, 0) is 0 Å². The van der Waals surface area contributed by atoms with Crippen LogP contribution in [0.15, 0.2) is 6.07 Å². The first-order valence-corrected chi connectivity index (χ1v) is 7.15. The Morgan fingerprint density at radius 1 is 1.20 bits per heavy atom. The van der Waals surface area contributed by atoms with Gasteiger partial charge in [-0.3, -0.25) is 0 Å².